The molecule has 0 unspecified atom stereocenters. The zero-order valence-corrected chi connectivity index (χ0v) is 29.6. The van der Waals surface area contributed by atoms with E-state index in [1.807, 2.05) is 0 Å². The number of carbonyl (C=O) groups is 4. The van der Waals surface area contributed by atoms with Crippen molar-refractivity contribution in [1.82, 2.24) is 14.9 Å². The number of aromatic nitrogens is 2. The molecule has 0 amide bonds. The molecule has 2 aliphatic rings. The van der Waals surface area contributed by atoms with Crippen LogP contribution in [0.3, 0.4) is 0 Å². The first-order chi connectivity index (χ1) is 26.9. The SMILES string of the molecule is O=C(O)CN(CCOCCOc1cc(-c2c3cc(-c4ccc[nH]4)c(=O)cc-3oc3cc(O)c(-c4ccc[nH]4)cc23)ccc1N(CC(=O)O)CC(=O)O)CC(=O)O. The van der Waals surface area contributed by atoms with E-state index in [1.165, 1.54) is 23.1 Å². The maximum atomic E-state index is 13.3. The molecule has 3 heterocycles. The predicted octanol–water partition coefficient (Wildman–Crippen LogP) is 4.10. The number of hydrogen-bond donors (Lipinski definition) is 7. The Morgan fingerprint density at radius 1 is 0.696 bits per heavy atom. The number of aromatic hydroxyl groups is 1. The van der Waals surface area contributed by atoms with Gasteiger partial charge in [-0.1, -0.05) is 6.07 Å². The van der Waals surface area contributed by atoms with Crippen molar-refractivity contribution in [3.8, 4) is 56.5 Å². The van der Waals surface area contributed by atoms with Crippen molar-refractivity contribution in [3.05, 3.63) is 89.3 Å². The molecule has 56 heavy (non-hydrogen) atoms. The van der Waals surface area contributed by atoms with Crippen LogP contribution in [-0.4, -0.2) is 117 Å². The molecule has 0 bridgehead atoms. The second kappa shape index (κ2) is 16.9. The average Bonchev–Trinajstić information content (AvgIpc) is 3.86. The lowest BCUT2D eigenvalue weighted by Gasteiger charge is -2.25. The van der Waals surface area contributed by atoms with Gasteiger partial charge in [0.15, 0.2) is 5.43 Å². The molecular formula is C39H36N4O13. The van der Waals surface area contributed by atoms with Gasteiger partial charge >= 0.3 is 23.9 Å². The number of anilines is 1. The third kappa shape index (κ3) is 8.98. The minimum absolute atomic E-state index is 0.000872. The molecule has 2 aromatic heterocycles. The molecule has 0 saturated carbocycles. The highest BCUT2D eigenvalue weighted by Gasteiger charge is 2.25. The van der Waals surface area contributed by atoms with Crippen LogP contribution in [0.2, 0.25) is 0 Å². The minimum Gasteiger partial charge on any atom is -0.507 e. The molecule has 1 aliphatic carbocycles. The number of phenolic OH excluding ortho intramolecular Hbond substituents is 1. The number of H-pyrrole nitrogens is 2. The number of aliphatic carboxylic acids is 4. The van der Waals surface area contributed by atoms with Gasteiger partial charge in [-0.15, -0.1) is 0 Å². The summed E-state index contributed by atoms with van der Waals surface area (Å²) >= 11 is 0. The first-order valence-corrected chi connectivity index (χ1v) is 17.1. The van der Waals surface area contributed by atoms with E-state index in [0.717, 1.165) is 4.90 Å². The molecular weight excluding hydrogens is 732 g/mol. The molecule has 17 nitrogen and oxygen atoms in total. The van der Waals surface area contributed by atoms with Crippen molar-refractivity contribution >= 4 is 40.5 Å². The highest BCUT2D eigenvalue weighted by Crippen LogP contribution is 2.46. The lowest BCUT2D eigenvalue weighted by molar-refractivity contribution is -0.142. The number of aromatic amines is 2. The normalized spacial score (nSPS) is 11.3. The summed E-state index contributed by atoms with van der Waals surface area (Å²) in [4.78, 5) is 67.8. The van der Waals surface area contributed by atoms with Crippen molar-refractivity contribution < 1.29 is 58.6 Å². The van der Waals surface area contributed by atoms with Gasteiger partial charge in [0.25, 0.3) is 0 Å². The second-order valence-corrected chi connectivity index (χ2v) is 12.6. The molecule has 0 spiro atoms. The molecule has 4 aromatic rings. The number of nitrogens with one attached hydrogen (secondary N) is 2. The van der Waals surface area contributed by atoms with E-state index in [-0.39, 0.29) is 60.3 Å². The van der Waals surface area contributed by atoms with Crippen LogP contribution in [0.5, 0.6) is 11.5 Å². The van der Waals surface area contributed by atoms with Gasteiger partial charge in [0, 0.05) is 70.1 Å². The quantitative estimate of drug-likeness (QED) is 0.0452. The fourth-order valence-electron chi connectivity index (χ4n) is 6.39. The molecule has 0 saturated heterocycles. The number of ether oxygens (including phenoxy) is 2. The largest absolute Gasteiger partial charge is 0.507 e. The summed E-state index contributed by atoms with van der Waals surface area (Å²) in [5.74, 6) is -4.78. The van der Waals surface area contributed by atoms with Crippen LogP contribution in [-0.2, 0) is 23.9 Å². The summed E-state index contributed by atoms with van der Waals surface area (Å²) in [7, 11) is 0. The standard InChI is InChI=1S/C39H36N4O13/c44-30-16-32-25(14-23(30)27-3-1-7-40-27)39(26-15-24(28-4-2-8-41-28)31(45)17-33(26)56-32)22-5-6-29(43(20-37(50)51)21-38(52)53)34(13-22)55-12-11-54-10-9-42(18-35(46)47)19-36(48)49/h1-8,13-17,40-41,44H,9-12,18-21H2,(H,46,47)(H,48,49)(H,50,51)(H,52,53). The Labute approximate surface area is 316 Å². The number of phenols is 1. The van der Waals surface area contributed by atoms with Crippen molar-refractivity contribution in [2.45, 2.75) is 0 Å². The molecule has 2 aromatic carbocycles. The monoisotopic (exact) mass is 768 g/mol. The fraction of sp³-hybridized carbons (Fsp3) is 0.205. The van der Waals surface area contributed by atoms with Crippen LogP contribution < -0.4 is 15.1 Å². The summed E-state index contributed by atoms with van der Waals surface area (Å²) in [6.07, 6.45) is 3.39. The first-order valence-electron chi connectivity index (χ1n) is 17.1. The maximum absolute atomic E-state index is 13.3. The highest BCUT2D eigenvalue weighted by molar-refractivity contribution is 6.05. The van der Waals surface area contributed by atoms with Crippen molar-refractivity contribution in [2.75, 3.05) is 57.4 Å². The Morgan fingerprint density at radius 2 is 1.34 bits per heavy atom. The lowest BCUT2D eigenvalue weighted by Crippen LogP contribution is -2.37. The summed E-state index contributed by atoms with van der Waals surface area (Å²) < 4.78 is 18.0. The summed E-state index contributed by atoms with van der Waals surface area (Å²) in [6.45, 7) is -2.59. The topological polar surface area (TPSA) is 256 Å². The molecule has 0 atom stereocenters. The number of carboxylic acids is 4. The van der Waals surface area contributed by atoms with Gasteiger partial charge in [0.1, 0.15) is 42.5 Å². The minimum atomic E-state index is -1.29. The molecule has 6 rings (SSSR count). The van der Waals surface area contributed by atoms with Crippen LogP contribution in [0, 0.1) is 0 Å². The van der Waals surface area contributed by atoms with E-state index in [4.69, 9.17) is 24.1 Å². The van der Waals surface area contributed by atoms with Crippen molar-refractivity contribution in [3.63, 3.8) is 0 Å². The van der Waals surface area contributed by atoms with Crippen LogP contribution in [0.4, 0.5) is 5.69 Å². The van der Waals surface area contributed by atoms with E-state index in [0.29, 0.717) is 44.6 Å². The van der Waals surface area contributed by atoms with Gasteiger partial charge in [0.05, 0.1) is 32.0 Å². The Hall–Kier alpha value is -7.11. The zero-order valence-electron chi connectivity index (χ0n) is 29.6. The smallest absolute Gasteiger partial charge is 0.323 e. The fourth-order valence-corrected chi connectivity index (χ4v) is 6.39. The predicted molar refractivity (Wildman–Crippen MR) is 201 cm³/mol. The highest BCUT2D eigenvalue weighted by atomic mass is 16.5. The zero-order chi connectivity index (χ0) is 39.9. The van der Waals surface area contributed by atoms with E-state index in [1.54, 1.807) is 60.9 Å². The third-order valence-electron chi connectivity index (χ3n) is 8.71. The number of benzene rings is 3. The molecule has 1 aliphatic heterocycles. The lowest BCUT2D eigenvalue weighted by atomic mass is 9.90. The van der Waals surface area contributed by atoms with E-state index >= 15 is 0 Å². The van der Waals surface area contributed by atoms with Crippen molar-refractivity contribution in [2.24, 2.45) is 0 Å². The van der Waals surface area contributed by atoms with Crippen LogP contribution in [0.15, 0.2) is 88.3 Å². The van der Waals surface area contributed by atoms with Gasteiger partial charge in [0.2, 0.25) is 0 Å². The van der Waals surface area contributed by atoms with Gasteiger partial charge < -0.3 is 54.3 Å². The Kier molecular flexibility index (Phi) is 11.7. The molecule has 7 N–H and O–H groups in total. The number of nitrogens with zero attached hydrogens (tertiary/aromatic N) is 2. The number of rotatable bonds is 19. The van der Waals surface area contributed by atoms with Crippen LogP contribution in [0.1, 0.15) is 0 Å². The number of carboxylic acid groups (broad SMARTS) is 4. The van der Waals surface area contributed by atoms with Gasteiger partial charge in [-0.05, 0) is 54.1 Å². The van der Waals surface area contributed by atoms with Crippen LogP contribution >= 0.6 is 0 Å². The Balaban J connectivity index is 1.45. The molecule has 290 valence electrons. The summed E-state index contributed by atoms with van der Waals surface area (Å²) in [5, 5.41) is 49.1. The van der Waals surface area contributed by atoms with Gasteiger partial charge in [-0.3, -0.25) is 28.9 Å². The summed E-state index contributed by atoms with van der Waals surface area (Å²) in [6, 6.07) is 18.0. The van der Waals surface area contributed by atoms with Crippen molar-refractivity contribution in [1.29, 1.82) is 0 Å². The first kappa shape index (κ1) is 38.6. The Bertz CT molecular complexity index is 2370. The van der Waals surface area contributed by atoms with Gasteiger partial charge in [-0.2, -0.15) is 0 Å². The number of fused-ring (bicyclic) bond motifs is 2. The Morgan fingerprint density at radius 3 is 1.95 bits per heavy atom. The summed E-state index contributed by atoms with van der Waals surface area (Å²) in [5.41, 5.74) is 3.59. The molecule has 17 heteroatoms. The van der Waals surface area contributed by atoms with E-state index in [2.05, 4.69) is 9.97 Å². The molecule has 0 fully saturated rings. The third-order valence-corrected chi connectivity index (χ3v) is 8.71. The number of hydrogen-bond acceptors (Lipinski definition) is 11. The van der Waals surface area contributed by atoms with E-state index < -0.39 is 50.1 Å². The van der Waals surface area contributed by atoms with Crippen LogP contribution in [0.25, 0.3) is 55.9 Å². The van der Waals surface area contributed by atoms with Gasteiger partial charge in [-0.25, -0.2) is 0 Å². The second-order valence-electron chi connectivity index (χ2n) is 12.6. The maximum Gasteiger partial charge on any atom is 0.323 e. The molecule has 0 radical (unpaired) electrons. The average molecular weight is 769 g/mol. The van der Waals surface area contributed by atoms with E-state index in [9.17, 15) is 39.3 Å².